The zero-order valence-corrected chi connectivity index (χ0v) is 17.7. The Kier molecular flexibility index (Phi) is 5.31. The number of carbonyl (C=O) groups excluding carboxylic acids is 1. The van der Waals surface area contributed by atoms with Crippen molar-refractivity contribution in [3.8, 4) is 0 Å². The van der Waals surface area contributed by atoms with Gasteiger partial charge in [-0.1, -0.05) is 0 Å². The van der Waals surface area contributed by atoms with Crippen LogP contribution in [0.2, 0.25) is 0 Å². The van der Waals surface area contributed by atoms with Crippen LogP contribution in [0.25, 0.3) is 0 Å². The molecule has 1 fully saturated rings. The first-order chi connectivity index (χ1) is 13.9. The molecule has 7 nitrogen and oxygen atoms in total. The molecule has 0 radical (unpaired) electrons. The van der Waals surface area contributed by atoms with Crippen molar-refractivity contribution in [2.45, 2.75) is 30.6 Å². The average molecular weight is 415 g/mol. The zero-order valence-electron chi connectivity index (χ0n) is 16.8. The highest BCUT2D eigenvalue weighted by Gasteiger charge is 2.30. The molecule has 29 heavy (non-hydrogen) atoms. The summed E-state index contributed by atoms with van der Waals surface area (Å²) in [5, 5.41) is 0. The van der Waals surface area contributed by atoms with Crippen LogP contribution in [0.1, 0.15) is 35.2 Å². The fourth-order valence-electron chi connectivity index (χ4n) is 4.03. The van der Waals surface area contributed by atoms with E-state index >= 15 is 0 Å². The molecule has 1 saturated heterocycles. The summed E-state index contributed by atoms with van der Waals surface area (Å²) in [7, 11) is -0.463. The fourth-order valence-corrected chi connectivity index (χ4v) is 4.98. The van der Waals surface area contributed by atoms with E-state index in [1.165, 1.54) is 24.8 Å². The van der Waals surface area contributed by atoms with Gasteiger partial charge in [-0.2, -0.15) is 0 Å². The molecule has 0 spiro atoms. The molecule has 0 bridgehead atoms. The highest BCUT2D eigenvalue weighted by Crippen LogP contribution is 2.33. The quantitative estimate of drug-likeness (QED) is 0.769. The van der Waals surface area contributed by atoms with Crippen LogP contribution in [-0.2, 0) is 16.4 Å². The van der Waals surface area contributed by atoms with Gasteiger partial charge >= 0.3 is 0 Å². The maximum atomic E-state index is 13.4. The normalized spacial score (nSPS) is 16.9. The van der Waals surface area contributed by atoms with Gasteiger partial charge in [0, 0.05) is 45.6 Å². The zero-order chi connectivity index (χ0) is 20.6. The van der Waals surface area contributed by atoms with Crippen molar-refractivity contribution in [3.63, 3.8) is 0 Å². The Balaban J connectivity index is 1.65. The van der Waals surface area contributed by atoms with Crippen LogP contribution in [0.3, 0.4) is 0 Å². The first kappa shape index (κ1) is 19.8. The lowest BCUT2D eigenvalue weighted by atomic mass is 10.1. The molecule has 2 aliphatic rings. The number of aromatic nitrogens is 1. The van der Waals surface area contributed by atoms with E-state index in [1.54, 1.807) is 35.4 Å². The van der Waals surface area contributed by atoms with Gasteiger partial charge in [-0.25, -0.2) is 17.7 Å². The Bertz CT molecular complexity index is 1030. The van der Waals surface area contributed by atoms with Crippen LogP contribution in [-0.4, -0.2) is 57.3 Å². The topological polar surface area (TPSA) is 73.8 Å². The van der Waals surface area contributed by atoms with Crippen LogP contribution >= 0.6 is 0 Å². The van der Waals surface area contributed by atoms with Crippen molar-refractivity contribution in [2.24, 2.45) is 0 Å². The third kappa shape index (κ3) is 3.62. The Morgan fingerprint density at radius 3 is 2.55 bits per heavy atom. The largest absolute Gasteiger partial charge is 0.356 e. The minimum absolute atomic E-state index is 0.0827. The number of anilines is 2. The van der Waals surface area contributed by atoms with E-state index < -0.39 is 10.0 Å². The molecule has 3 heterocycles. The number of carbonyl (C=O) groups is 1. The highest BCUT2D eigenvalue weighted by molar-refractivity contribution is 7.89. The average Bonchev–Trinajstić information content (AvgIpc) is 3.17. The number of fused-ring (bicyclic) bond motifs is 1. The molecule has 8 heteroatoms. The van der Waals surface area contributed by atoms with Gasteiger partial charge in [0.15, 0.2) is 0 Å². The molecule has 1 aromatic carbocycles. The van der Waals surface area contributed by atoms with E-state index in [9.17, 15) is 13.2 Å². The van der Waals surface area contributed by atoms with E-state index in [1.807, 2.05) is 6.07 Å². The van der Waals surface area contributed by atoms with Crippen LogP contribution in [0.5, 0.6) is 0 Å². The van der Waals surface area contributed by atoms with Crippen molar-refractivity contribution in [2.75, 3.05) is 43.5 Å². The van der Waals surface area contributed by atoms with Crippen LogP contribution in [0, 0.1) is 0 Å². The Hall–Kier alpha value is -2.45. The molecule has 0 unspecified atom stereocenters. The molecule has 4 rings (SSSR count). The van der Waals surface area contributed by atoms with Gasteiger partial charge in [-0.05, 0) is 61.6 Å². The van der Waals surface area contributed by atoms with E-state index in [0.29, 0.717) is 18.5 Å². The summed E-state index contributed by atoms with van der Waals surface area (Å²) in [4.78, 5) is 22.1. The van der Waals surface area contributed by atoms with Crippen LogP contribution in [0.4, 0.5) is 11.5 Å². The number of benzene rings is 1. The standard InChI is InChI=1S/C21H26N4O3S/c1-23(2)29(27,28)17-8-9-19-16(15-17)10-14-25(19)21(26)18-7-6-11-22-20(18)24-12-4-3-5-13-24/h6-9,11,15H,3-5,10,12-14H2,1-2H3. The number of sulfonamides is 1. The molecule has 0 saturated carbocycles. The maximum absolute atomic E-state index is 13.4. The number of rotatable bonds is 4. The first-order valence-corrected chi connectivity index (χ1v) is 11.4. The van der Waals surface area contributed by atoms with Crippen LogP contribution in [0.15, 0.2) is 41.4 Å². The fraction of sp³-hybridized carbons (Fsp3) is 0.429. The number of hydrogen-bond donors (Lipinski definition) is 0. The second-order valence-electron chi connectivity index (χ2n) is 7.71. The Labute approximate surface area is 172 Å². The predicted octanol–water partition coefficient (Wildman–Crippen LogP) is 2.53. The summed E-state index contributed by atoms with van der Waals surface area (Å²) < 4.78 is 26.0. The van der Waals surface area contributed by atoms with Gasteiger partial charge in [0.2, 0.25) is 10.0 Å². The lowest BCUT2D eigenvalue weighted by molar-refractivity contribution is 0.0989. The Morgan fingerprint density at radius 2 is 1.83 bits per heavy atom. The number of piperidine rings is 1. The van der Waals surface area contributed by atoms with Crippen molar-refractivity contribution in [3.05, 3.63) is 47.7 Å². The van der Waals surface area contributed by atoms with E-state index in [-0.39, 0.29) is 10.8 Å². The molecular weight excluding hydrogens is 388 g/mol. The number of amides is 1. The maximum Gasteiger partial charge on any atom is 0.262 e. The minimum Gasteiger partial charge on any atom is -0.356 e. The molecule has 0 atom stereocenters. The summed E-state index contributed by atoms with van der Waals surface area (Å²) >= 11 is 0. The van der Waals surface area contributed by atoms with Gasteiger partial charge in [-0.15, -0.1) is 0 Å². The van der Waals surface area contributed by atoms with Gasteiger partial charge in [0.1, 0.15) is 5.82 Å². The molecule has 2 aromatic rings. The summed E-state index contributed by atoms with van der Waals surface area (Å²) in [6.07, 6.45) is 5.80. The number of nitrogens with zero attached hydrogens (tertiary/aromatic N) is 4. The van der Waals surface area contributed by atoms with Gasteiger partial charge < -0.3 is 9.80 Å². The second-order valence-corrected chi connectivity index (χ2v) is 9.86. The van der Waals surface area contributed by atoms with E-state index in [0.717, 1.165) is 43.0 Å². The van der Waals surface area contributed by atoms with Crippen molar-refractivity contribution in [1.82, 2.24) is 9.29 Å². The third-order valence-electron chi connectivity index (χ3n) is 5.64. The summed E-state index contributed by atoms with van der Waals surface area (Å²) in [5.41, 5.74) is 2.26. The molecule has 0 aliphatic carbocycles. The molecule has 0 N–H and O–H groups in total. The Morgan fingerprint density at radius 1 is 1.07 bits per heavy atom. The summed E-state index contributed by atoms with van der Waals surface area (Å²) in [5.74, 6) is 0.665. The second kappa shape index (κ2) is 7.76. The van der Waals surface area contributed by atoms with E-state index in [4.69, 9.17) is 0 Å². The predicted molar refractivity (Wildman–Crippen MR) is 113 cm³/mol. The van der Waals surface area contributed by atoms with Crippen molar-refractivity contribution < 1.29 is 13.2 Å². The first-order valence-electron chi connectivity index (χ1n) is 9.97. The lowest BCUT2D eigenvalue weighted by Crippen LogP contribution is -2.35. The number of hydrogen-bond acceptors (Lipinski definition) is 5. The van der Waals surface area contributed by atoms with Crippen molar-refractivity contribution >= 4 is 27.4 Å². The van der Waals surface area contributed by atoms with Gasteiger partial charge in [0.25, 0.3) is 5.91 Å². The smallest absolute Gasteiger partial charge is 0.262 e. The molecule has 1 aromatic heterocycles. The summed E-state index contributed by atoms with van der Waals surface area (Å²) in [6, 6.07) is 8.64. The van der Waals surface area contributed by atoms with E-state index in [2.05, 4.69) is 9.88 Å². The minimum atomic E-state index is -3.50. The SMILES string of the molecule is CN(C)S(=O)(=O)c1ccc2c(c1)CCN2C(=O)c1cccnc1N1CCCCC1. The monoisotopic (exact) mass is 414 g/mol. The highest BCUT2D eigenvalue weighted by atomic mass is 32.2. The molecule has 154 valence electrons. The number of pyridine rings is 1. The molecule has 1 amide bonds. The summed E-state index contributed by atoms with van der Waals surface area (Å²) in [6.45, 7) is 2.37. The molecule has 2 aliphatic heterocycles. The molecular formula is C21H26N4O3S. The van der Waals surface area contributed by atoms with Crippen LogP contribution < -0.4 is 9.80 Å². The lowest BCUT2D eigenvalue weighted by Gasteiger charge is -2.30. The van der Waals surface area contributed by atoms with Gasteiger partial charge in [0.05, 0.1) is 10.5 Å². The van der Waals surface area contributed by atoms with Crippen molar-refractivity contribution in [1.29, 1.82) is 0 Å². The van der Waals surface area contributed by atoms with Gasteiger partial charge in [-0.3, -0.25) is 4.79 Å². The third-order valence-corrected chi connectivity index (χ3v) is 7.45.